The SMILES string of the molecule is Cn1c(N2CCN(CCCOc3cccc([N+](=O)[O-])c3)CC2)cc(=O)n(C)c1=O. The Hall–Kier alpha value is -3.14. The third-order valence-corrected chi connectivity index (χ3v) is 5.11. The summed E-state index contributed by atoms with van der Waals surface area (Å²) in [5, 5.41) is 10.8. The number of nitro benzene ring substituents is 1. The highest BCUT2D eigenvalue weighted by Gasteiger charge is 2.20. The third kappa shape index (κ3) is 4.83. The number of hydrogen-bond donors (Lipinski definition) is 0. The van der Waals surface area contributed by atoms with E-state index in [1.54, 1.807) is 19.2 Å². The molecule has 0 amide bonds. The fraction of sp³-hybridized carbons (Fsp3) is 0.474. The van der Waals surface area contributed by atoms with Crippen LogP contribution in [0.2, 0.25) is 0 Å². The van der Waals surface area contributed by atoms with E-state index < -0.39 is 4.92 Å². The number of ether oxygens (including phenoxy) is 1. The maximum absolute atomic E-state index is 12.1. The molecule has 0 aliphatic carbocycles. The lowest BCUT2D eigenvalue weighted by Gasteiger charge is -2.36. The van der Waals surface area contributed by atoms with Crippen LogP contribution >= 0.6 is 0 Å². The van der Waals surface area contributed by atoms with Crippen LogP contribution in [0.1, 0.15) is 6.42 Å². The number of rotatable bonds is 7. The van der Waals surface area contributed by atoms with Crippen LogP contribution in [0.4, 0.5) is 11.5 Å². The maximum Gasteiger partial charge on any atom is 0.332 e. The van der Waals surface area contributed by atoms with Crippen molar-refractivity contribution in [3.05, 3.63) is 61.3 Å². The molecular formula is C19H25N5O5. The molecule has 10 heteroatoms. The summed E-state index contributed by atoms with van der Waals surface area (Å²) < 4.78 is 8.22. The Labute approximate surface area is 167 Å². The van der Waals surface area contributed by atoms with Gasteiger partial charge in [0.1, 0.15) is 11.6 Å². The number of non-ortho nitro benzene ring substituents is 1. The number of nitro groups is 1. The zero-order valence-corrected chi connectivity index (χ0v) is 16.6. The van der Waals surface area contributed by atoms with Crippen LogP contribution in [0.3, 0.4) is 0 Å². The van der Waals surface area contributed by atoms with E-state index in [2.05, 4.69) is 9.80 Å². The van der Waals surface area contributed by atoms with Gasteiger partial charge in [0.2, 0.25) is 0 Å². The molecule has 0 N–H and O–H groups in total. The monoisotopic (exact) mass is 403 g/mol. The van der Waals surface area contributed by atoms with Crippen molar-refractivity contribution in [1.82, 2.24) is 14.0 Å². The number of piperazine rings is 1. The summed E-state index contributed by atoms with van der Waals surface area (Å²) in [6.45, 7) is 4.42. The van der Waals surface area contributed by atoms with E-state index in [4.69, 9.17) is 4.74 Å². The van der Waals surface area contributed by atoms with E-state index in [0.29, 0.717) is 18.2 Å². The fourth-order valence-corrected chi connectivity index (χ4v) is 3.39. The number of aromatic nitrogens is 2. The lowest BCUT2D eigenvalue weighted by molar-refractivity contribution is -0.384. The maximum atomic E-state index is 12.1. The van der Waals surface area contributed by atoms with Crippen molar-refractivity contribution in [3.63, 3.8) is 0 Å². The van der Waals surface area contributed by atoms with Gasteiger partial charge in [0, 0.05) is 59.0 Å². The van der Waals surface area contributed by atoms with Gasteiger partial charge < -0.3 is 9.64 Å². The minimum absolute atomic E-state index is 0.0174. The predicted molar refractivity (Wildman–Crippen MR) is 109 cm³/mol. The Kier molecular flexibility index (Phi) is 6.32. The summed E-state index contributed by atoms with van der Waals surface area (Å²) in [7, 11) is 3.15. The van der Waals surface area contributed by atoms with Crippen molar-refractivity contribution in [1.29, 1.82) is 0 Å². The quantitative estimate of drug-likeness (QED) is 0.379. The standard InChI is InChI=1S/C19H25N5O5/c1-20-17(14-18(25)21(2)19(20)26)23-10-8-22(9-11-23)7-4-12-29-16-6-3-5-15(13-16)24(27)28/h3,5-6,13-14H,4,7-12H2,1-2H3. The summed E-state index contributed by atoms with van der Waals surface area (Å²) in [6.07, 6.45) is 0.799. The van der Waals surface area contributed by atoms with Gasteiger partial charge in [-0.15, -0.1) is 0 Å². The minimum atomic E-state index is -0.440. The van der Waals surface area contributed by atoms with Gasteiger partial charge >= 0.3 is 5.69 Å². The average Bonchev–Trinajstić information content (AvgIpc) is 2.73. The van der Waals surface area contributed by atoms with Crippen molar-refractivity contribution in [2.75, 3.05) is 44.2 Å². The van der Waals surface area contributed by atoms with Gasteiger partial charge in [-0.2, -0.15) is 0 Å². The molecular weight excluding hydrogens is 378 g/mol. The summed E-state index contributed by atoms with van der Waals surface area (Å²) in [4.78, 5) is 38.7. The van der Waals surface area contributed by atoms with Gasteiger partial charge in [0.15, 0.2) is 0 Å². The Morgan fingerprint density at radius 3 is 2.48 bits per heavy atom. The second-order valence-electron chi connectivity index (χ2n) is 7.03. The first-order valence-electron chi connectivity index (χ1n) is 9.48. The van der Waals surface area contributed by atoms with Gasteiger partial charge in [0.25, 0.3) is 11.2 Å². The molecule has 0 atom stereocenters. The molecule has 3 rings (SSSR count). The second-order valence-corrected chi connectivity index (χ2v) is 7.03. The van der Waals surface area contributed by atoms with E-state index in [1.165, 1.54) is 29.8 Å². The minimum Gasteiger partial charge on any atom is -0.493 e. The Morgan fingerprint density at radius 1 is 1.07 bits per heavy atom. The van der Waals surface area contributed by atoms with Crippen LogP contribution < -0.4 is 20.9 Å². The molecule has 1 saturated heterocycles. The zero-order chi connectivity index (χ0) is 21.0. The molecule has 1 aromatic heterocycles. The normalized spacial score (nSPS) is 14.8. The Bertz CT molecular complexity index is 991. The van der Waals surface area contributed by atoms with Crippen molar-refractivity contribution < 1.29 is 9.66 Å². The molecule has 1 aliphatic rings. The van der Waals surface area contributed by atoms with Gasteiger partial charge in [-0.25, -0.2) is 4.79 Å². The van der Waals surface area contributed by atoms with Crippen molar-refractivity contribution in [3.8, 4) is 5.75 Å². The molecule has 0 radical (unpaired) electrons. The zero-order valence-electron chi connectivity index (χ0n) is 16.6. The average molecular weight is 403 g/mol. The molecule has 10 nitrogen and oxygen atoms in total. The van der Waals surface area contributed by atoms with E-state index in [9.17, 15) is 19.7 Å². The number of anilines is 1. The number of benzene rings is 1. The molecule has 2 aromatic rings. The van der Waals surface area contributed by atoms with Crippen molar-refractivity contribution in [2.24, 2.45) is 14.1 Å². The molecule has 0 bridgehead atoms. The van der Waals surface area contributed by atoms with E-state index in [0.717, 1.165) is 43.7 Å². The summed E-state index contributed by atoms with van der Waals surface area (Å²) in [5.41, 5.74) is -0.610. The predicted octanol–water partition coefficient (Wildman–Crippen LogP) is 0.583. The Morgan fingerprint density at radius 2 is 1.79 bits per heavy atom. The summed E-state index contributed by atoms with van der Waals surface area (Å²) in [6, 6.07) is 7.68. The highest BCUT2D eigenvalue weighted by molar-refractivity contribution is 5.39. The van der Waals surface area contributed by atoms with Crippen molar-refractivity contribution >= 4 is 11.5 Å². The fourth-order valence-electron chi connectivity index (χ4n) is 3.39. The largest absolute Gasteiger partial charge is 0.493 e. The van der Waals surface area contributed by atoms with Crippen molar-refractivity contribution in [2.45, 2.75) is 6.42 Å². The van der Waals surface area contributed by atoms with Crippen LogP contribution in [0, 0.1) is 10.1 Å². The lowest BCUT2D eigenvalue weighted by atomic mass is 10.3. The topological polar surface area (TPSA) is 103 Å². The second kappa shape index (κ2) is 8.91. The first-order chi connectivity index (χ1) is 13.9. The molecule has 1 aromatic carbocycles. The van der Waals surface area contributed by atoms with E-state index >= 15 is 0 Å². The van der Waals surface area contributed by atoms with E-state index in [1.807, 2.05) is 0 Å². The number of hydrogen-bond acceptors (Lipinski definition) is 7. The summed E-state index contributed by atoms with van der Waals surface area (Å²) in [5.74, 6) is 1.14. The highest BCUT2D eigenvalue weighted by atomic mass is 16.6. The van der Waals surface area contributed by atoms with Gasteiger partial charge in [-0.1, -0.05) is 6.07 Å². The molecule has 1 fully saturated rings. The smallest absolute Gasteiger partial charge is 0.332 e. The molecule has 0 spiro atoms. The Balaban J connectivity index is 1.46. The van der Waals surface area contributed by atoms with Crippen LogP contribution in [-0.4, -0.2) is 58.3 Å². The summed E-state index contributed by atoms with van der Waals surface area (Å²) >= 11 is 0. The lowest BCUT2D eigenvalue weighted by Crippen LogP contribution is -2.49. The number of nitrogens with zero attached hydrogens (tertiary/aromatic N) is 5. The molecule has 156 valence electrons. The van der Waals surface area contributed by atoms with Gasteiger partial charge in [0.05, 0.1) is 17.6 Å². The van der Waals surface area contributed by atoms with Crippen LogP contribution in [0.15, 0.2) is 39.9 Å². The molecule has 29 heavy (non-hydrogen) atoms. The van der Waals surface area contributed by atoms with Gasteiger partial charge in [-0.05, 0) is 12.5 Å². The molecule has 0 saturated carbocycles. The van der Waals surface area contributed by atoms with Crippen LogP contribution in [-0.2, 0) is 14.1 Å². The molecule has 2 heterocycles. The van der Waals surface area contributed by atoms with Gasteiger partial charge in [-0.3, -0.25) is 28.9 Å². The molecule has 0 unspecified atom stereocenters. The van der Waals surface area contributed by atoms with Crippen LogP contribution in [0.5, 0.6) is 5.75 Å². The first kappa shape index (κ1) is 20.6. The van der Waals surface area contributed by atoms with E-state index in [-0.39, 0.29) is 16.9 Å². The third-order valence-electron chi connectivity index (χ3n) is 5.11. The highest BCUT2D eigenvalue weighted by Crippen LogP contribution is 2.19. The van der Waals surface area contributed by atoms with Crippen LogP contribution in [0.25, 0.3) is 0 Å². The molecule has 1 aliphatic heterocycles. The first-order valence-corrected chi connectivity index (χ1v) is 9.48.